The molecule has 2 aliphatic carbocycles. The van der Waals surface area contributed by atoms with Crippen LogP contribution in [0.25, 0.3) is 0 Å². The topological polar surface area (TPSA) is 0 Å². The smallest absolute Gasteiger partial charge is 0.0269 e. The summed E-state index contributed by atoms with van der Waals surface area (Å²) in [5.74, 6) is 2.15. The van der Waals surface area contributed by atoms with Crippen molar-refractivity contribution in [3.8, 4) is 0 Å². The Hall–Kier alpha value is 0. The van der Waals surface area contributed by atoms with Crippen molar-refractivity contribution in [3.63, 3.8) is 0 Å². The minimum atomic E-state index is 0.804. The summed E-state index contributed by atoms with van der Waals surface area (Å²) in [6.07, 6.45) is 6.06. The van der Waals surface area contributed by atoms with Crippen LogP contribution in [0, 0.1) is 17.3 Å². The zero-order chi connectivity index (χ0) is 6.48. The molecule has 0 heterocycles. The molecule has 2 fully saturated rings. The van der Waals surface area contributed by atoms with Gasteiger partial charge >= 0.3 is 0 Å². The SMILES string of the molecule is CC1CCCC2CC12C. The van der Waals surface area contributed by atoms with Gasteiger partial charge in [0.15, 0.2) is 0 Å². The highest BCUT2D eigenvalue weighted by Gasteiger charge is 2.54. The Bertz CT molecular complexity index is 128. The number of fused-ring (bicyclic) bond motifs is 1. The molecule has 2 rings (SSSR count). The first kappa shape index (κ1) is 5.76. The van der Waals surface area contributed by atoms with Crippen LogP contribution in [0.1, 0.15) is 39.5 Å². The van der Waals surface area contributed by atoms with Crippen LogP contribution in [0.15, 0.2) is 0 Å². The van der Waals surface area contributed by atoms with Crippen LogP contribution in [0.4, 0.5) is 0 Å². The number of hydrogen-bond acceptors (Lipinski definition) is 0. The van der Waals surface area contributed by atoms with Gasteiger partial charge in [0.1, 0.15) is 0 Å². The van der Waals surface area contributed by atoms with Crippen molar-refractivity contribution in [1.82, 2.24) is 0 Å². The molecule has 3 atom stereocenters. The van der Waals surface area contributed by atoms with E-state index in [1.807, 2.05) is 0 Å². The van der Waals surface area contributed by atoms with Crippen molar-refractivity contribution in [1.29, 1.82) is 0 Å². The summed E-state index contributed by atoms with van der Waals surface area (Å²) in [6, 6.07) is 0. The molecule has 0 amide bonds. The van der Waals surface area contributed by atoms with Crippen molar-refractivity contribution in [3.05, 3.63) is 0 Å². The standard InChI is InChI=1S/C9H16/c1-7-4-3-5-8-6-9(7,8)2/h7-8H,3-6H2,1-2H3. The van der Waals surface area contributed by atoms with Crippen LogP contribution >= 0.6 is 0 Å². The normalized spacial score (nSPS) is 56.7. The van der Waals surface area contributed by atoms with Gasteiger partial charge in [-0.05, 0) is 30.1 Å². The molecule has 0 nitrogen and oxygen atoms in total. The first-order chi connectivity index (χ1) is 4.23. The fourth-order valence-electron chi connectivity index (χ4n) is 2.51. The lowest BCUT2D eigenvalue weighted by Crippen LogP contribution is -2.15. The Balaban J connectivity index is 2.10. The number of rotatable bonds is 0. The summed E-state index contributed by atoms with van der Waals surface area (Å²) in [5.41, 5.74) is 0.804. The van der Waals surface area contributed by atoms with E-state index >= 15 is 0 Å². The van der Waals surface area contributed by atoms with E-state index in [2.05, 4.69) is 13.8 Å². The van der Waals surface area contributed by atoms with Crippen LogP contribution in [0.5, 0.6) is 0 Å². The molecule has 52 valence electrons. The van der Waals surface area contributed by atoms with Crippen LogP contribution in [-0.2, 0) is 0 Å². The van der Waals surface area contributed by atoms with Gasteiger partial charge in [0.05, 0.1) is 0 Å². The van der Waals surface area contributed by atoms with Crippen LogP contribution in [-0.4, -0.2) is 0 Å². The van der Waals surface area contributed by atoms with E-state index in [1.165, 1.54) is 25.7 Å². The average molecular weight is 124 g/mol. The summed E-state index contributed by atoms with van der Waals surface area (Å²) in [7, 11) is 0. The van der Waals surface area contributed by atoms with Gasteiger partial charge in [0, 0.05) is 0 Å². The molecule has 2 aliphatic rings. The second-order valence-corrected chi connectivity index (χ2v) is 4.24. The Morgan fingerprint density at radius 1 is 1.33 bits per heavy atom. The third-order valence-electron chi connectivity index (χ3n) is 3.77. The molecule has 3 unspecified atom stereocenters. The van der Waals surface area contributed by atoms with Crippen molar-refractivity contribution in [2.45, 2.75) is 39.5 Å². The Morgan fingerprint density at radius 2 is 2.11 bits per heavy atom. The lowest BCUT2D eigenvalue weighted by Gasteiger charge is -2.24. The monoisotopic (exact) mass is 124 g/mol. The minimum Gasteiger partial charge on any atom is -0.0620 e. The fraction of sp³-hybridized carbons (Fsp3) is 1.00. The lowest BCUT2D eigenvalue weighted by molar-refractivity contribution is 0.256. The predicted molar refractivity (Wildman–Crippen MR) is 39.2 cm³/mol. The summed E-state index contributed by atoms with van der Waals surface area (Å²) in [4.78, 5) is 0. The molecular formula is C9H16. The Kier molecular flexibility index (Phi) is 0.980. The maximum atomic E-state index is 2.47. The fourth-order valence-corrected chi connectivity index (χ4v) is 2.51. The molecule has 0 spiro atoms. The van der Waals surface area contributed by atoms with Gasteiger partial charge in [-0.1, -0.05) is 26.7 Å². The van der Waals surface area contributed by atoms with Crippen LogP contribution in [0.2, 0.25) is 0 Å². The highest BCUT2D eigenvalue weighted by molar-refractivity contribution is 5.04. The third kappa shape index (κ3) is 0.653. The molecule has 9 heavy (non-hydrogen) atoms. The summed E-state index contributed by atoms with van der Waals surface area (Å²) in [6.45, 7) is 4.90. The first-order valence-corrected chi connectivity index (χ1v) is 4.23. The molecule has 0 radical (unpaired) electrons. The quantitative estimate of drug-likeness (QED) is 0.466. The van der Waals surface area contributed by atoms with Crippen molar-refractivity contribution in [2.75, 3.05) is 0 Å². The molecular weight excluding hydrogens is 108 g/mol. The van der Waals surface area contributed by atoms with Gasteiger partial charge in [-0.2, -0.15) is 0 Å². The van der Waals surface area contributed by atoms with E-state index in [4.69, 9.17) is 0 Å². The Labute approximate surface area is 57.6 Å². The first-order valence-electron chi connectivity index (χ1n) is 4.23. The summed E-state index contributed by atoms with van der Waals surface area (Å²) < 4.78 is 0. The van der Waals surface area contributed by atoms with Gasteiger partial charge in [-0.3, -0.25) is 0 Å². The van der Waals surface area contributed by atoms with E-state index in [0.717, 1.165) is 17.3 Å². The van der Waals surface area contributed by atoms with Crippen molar-refractivity contribution >= 4 is 0 Å². The van der Waals surface area contributed by atoms with E-state index < -0.39 is 0 Å². The van der Waals surface area contributed by atoms with Gasteiger partial charge < -0.3 is 0 Å². The van der Waals surface area contributed by atoms with Crippen molar-refractivity contribution < 1.29 is 0 Å². The second kappa shape index (κ2) is 1.53. The maximum Gasteiger partial charge on any atom is -0.0269 e. The molecule has 2 saturated carbocycles. The average Bonchev–Trinajstić information content (AvgIpc) is 2.44. The molecule has 0 saturated heterocycles. The number of hydrogen-bond donors (Lipinski definition) is 0. The van der Waals surface area contributed by atoms with Gasteiger partial charge in [-0.15, -0.1) is 0 Å². The highest BCUT2D eigenvalue weighted by Crippen LogP contribution is 2.63. The largest absolute Gasteiger partial charge is 0.0620 e. The molecule has 0 aromatic rings. The third-order valence-corrected chi connectivity index (χ3v) is 3.77. The lowest BCUT2D eigenvalue weighted by atomic mass is 9.81. The van der Waals surface area contributed by atoms with E-state index in [-0.39, 0.29) is 0 Å². The molecule has 0 aromatic carbocycles. The summed E-state index contributed by atoms with van der Waals surface area (Å²) in [5, 5.41) is 0. The van der Waals surface area contributed by atoms with E-state index in [9.17, 15) is 0 Å². The predicted octanol–water partition coefficient (Wildman–Crippen LogP) is 2.83. The maximum absolute atomic E-state index is 2.47. The highest BCUT2D eigenvalue weighted by atomic mass is 14.6. The van der Waals surface area contributed by atoms with Crippen LogP contribution < -0.4 is 0 Å². The molecule has 0 N–H and O–H groups in total. The van der Waals surface area contributed by atoms with Crippen molar-refractivity contribution in [2.24, 2.45) is 17.3 Å². The molecule has 0 bridgehead atoms. The zero-order valence-electron chi connectivity index (χ0n) is 6.48. The van der Waals surface area contributed by atoms with Gasteiger partial charge in [0.25, 0.3) is 0 Å². The van der Waals surface area contributed by atoms with Gasteiger partial charge in [0.2, 0.25) is 0 Å². The molecule has 0 heteroatoms. The second-order valence-electron chi connectivity index (χ2n) is 4.24. The molecule has 0 aromatic heterocycles. The van der Waals surface area contributed by atoms with E-state index in [1.54, 1.807) is 0 Å². The summed E-state index contributed by atoms with van der Waals surface area (Å²) >= 11 is 0. The molecule has 0 aliphatic heterocycles. The van der Waals surface area contributed by atoms with E-state index in [0.29, 0.717) is 0 Å². The zero-order valence-corrected chi connectivity index (χ0v) is 6.48. The Morgan fingerprint density at radius 3 is 2.67 bits per heavy atom. The van der Waals surface area contributed by atoms with Crippen LogP contribution in [0.3, 0.4) is 0 Å². The van der Waals surface area contributed by atoms with Gasteiger partial charge in [-0.25, -0.2) is 0 Å². The minimum absolute atomic E-state index is 0.804.